The second-order valence-electron chi connectivity index (χ2n) is 4.36. The maximum absolute atomic E-state index is 12.6. The molecule has 1 aromatic carbocycles. The summed E-state index contributed by atoms with van der Waals surface area (Å²) in [6, 6.07) is 7.93. The van der Waals surface area contributed by atoms with E-state index in [1.54, 1.807) is 18.3 Å². The zero-order valence-electron chi connectivity index (χ0n) is 10.3. The molecule has 1 unspecified atom stereocenters. The van der Waals surface area contributed by atoms with Gasteiger partial charge in [-0.3, -0.25) is 4.98 Å². The van der Waals surface area contributed by atoms with Gasteiger partial charge in [0.25, 0.3) is 0 Å². The third-order valence-electron chi connectivity index (χ3n) is 2.83. The van der Waals surface area contributed by atoms with Crippen molar-refractivity contribution >= 4 is 0 Å². The van der Waals surface area contributed by atoms with Crippen LogP contribution in [-0.4, -0.2) is 4.98 Å². The van der Waals surface area contributed by atoms with Gasteiger partial charge < -0.3 is 5.73 Å². The van der Waals surface area contributed by atoms with Crippen molar-refractivity contribution < 1.29 is 13.2 Å². The van der Waals surface area contributed by atoms with Crippen molar-refractivity contribution in [3.8, 4) is 0 Å². The van der Waals surface area contributed by atoms with Crippen LogP contribution in [0.4, 0.5) is 13.2 Å². The van der Waals surface area contributed by atoms with Crippen LogP contribution in [-0.2, 0) is 6.18 Å². The molecule has 0 amide bonds. The first-order valence-electron chi connectivity index (χ1n) is 5.73. The predicted octanol–water partition coefficient (Wildman–Crippen LogP) is 3.46. The summed E-state index contributed by atoms with van der Waals surface area (Å²) in [5.74, 6) is 0. The van der Waals surface area contributed by atoms with Crippen LogP contribution in [0.25, 0.3) is 0 Å². The number of aryl methyl sites for hydroxylation is 1. The van der Waals surface area contributed by atoms with Crippen LogP contribution in [0, 0.1) is 6.92 Å². The average Bonchev–Trinajstić information content (AvgIpc) is 2.37. The number of pyridine rings is 1. The lowest BCUT2D eigenvalue weighted by molar-refractivity contribution is -0.137. The summed E-state index contributed by atoms with van der Waals surface area (Å²) in [6.07, 6.45) is -2.77. The fourth-order valence-electron chi connectivity index (χ4n) is 1.81. The number of nitrogens with zero attached hydrogens (tertiary/aromatic N) is 1. The lowest BCUT2D eigenvalue weighted by Gasteiger charge is -2.14. The molecular weight excluding hydrogens is 253 g/mol. The molecule has 1 heterocycles. The van der Waals surface area contributed by atoms with Crippen LogP contribution in [0.5, 0.6) is 0 Å². The standard InChI is InChI=1S/C14H13F3N2/c1-9-5-6-19-12(7-9)13(18)10-3-2-4-11(8-10)14(15,16)17/h2-8,13H,18H2,1H3. The van der Waals surface area contributed by atoms with Crippen LogP contribution >= 0.6 is 0 Å². The molecule has 0 saturated carbocycles. The van der Waals surface area contributed by atoms with E-state index in [0.29, 0.717) is 11.3 Å². The summed E-state index contributed by atoms with van der Waals surface area (Å²) in [7, 11) is 0. The van der Waals surface area contributed by atoms with E-state index in [9.17, 15) is 13.2 Å². The second-order valence-corrected chi connectivity index (χ2v) is 4.36. The Morgan fingerprint density at radius 3 is 2.53 bits per heavy atom. The molecule has 0 aliphatic rings. The van der Waals surface area contributed by atoms with Gasteiger partial charge in [-0.1, -0.05) is 12.1 Å². The number of rotatable bonds is 2. The Labute approximate surface area is 109 Å². The van der Waals surface area contributed by atoms with Crippen LogP contribution in [0.15, 0.2) is 42.6 Å². The van der Waals surface area contributed by atoms with E-state index < -0.39 is 17.8 Å². The molecule has 0 spiro atoms. The summed E-state index contributed by atoms with van der Waals surface area (Å²) >= 11 is 0. The van der Waals surface area contributed by atoms with Crippen molar-refractivity contribution in [2.24, 2.45) is 5.73 Å². The highest BCUT2D eigenvalue weighted by Gasteiger charge is 2.30. The number of aromatic nitrogens is 1. The monoisotopic (exact) mass is 266 g/mol. The molecule has 0 aliphatic heterocycles. The molecule has 2 rings (SSSR count). The second kappa shape index (κ2) is 5.01. The Hall–Kier alpha value is -1.88. The van der Waals surface area contributed by atoms with E-state index in [-0.39, 0.29) is 0 Å². The Kier molecular flexibility index (Phi) is 3.57. The molecule has 0 aliphatic carbocycles. The van der Waals surface area contributed by atoms with Crippen LogP contribution in [0.3, 0.4) is 0 Å². The van der Waals surface area contributed by atoms with Crippen molar-refractivity contribution in [1.82, 2.24) is 4.98 Å². The molecule has 0 saturated heterocycles. The summed E-state index contributed by atoms with van der Waals surface area (Å²) in [5.41, 5.74) is 7.18. The summed E-state index contributed by atoms with van der Waals surface area (Å²) < 4.78 is 37.9. The van der Waals surface area contributed by atoms with Crippen molar-refractivity contribution in [3.05, 3.63) is 65.0 Å². The summed E-state index contributed by atoms with van der Waals surface area (Å²) in [6.45, 7) is 1.88. The van der Waals surface area contributed by atoms with Gasteiger partial charge in [0.05, 0.1) is 17.3 Å². The zero-order valence-corrected chi connectivity index (χ0v) is 10.3. The van der Waals surface area contributed by atoms with Gasteiger partial charge in [0.2, 0.25) is 0 Å². The smallest absolute Gasteiger partial charge is 0.319 e. The Morgan fingerprint density at radius 1 is 1.16 bits per heavy atom. The van der Waals surface area contributed by atoms with E-state index in [1.165, 1.54) is 6.07 Å². The number of hydrogen-bond donors (Lipinski definition) is 1. The molecule has 1 atom stereocenters. The number of benzene rings is 1. The molecule has 2 N–H and O–H groups in total. The van der Waals surface area contributed by atoms with E-state index in [2.05, 4.69) is 4.98 Å². The highest BCUT2D eigenvalue weighted by Crippen LogP contribution is 2.31. The highest BCUT2D eigenvalue weighted by molar-refractivity contribution is 5.33. The fourth-order valence-corrected chi connectivity index (χ4v) is 1.81. The van der Waals surface area contributed by atoms with E-state index in [1.807, 2.05) is 13.0 Å². The minimum atomic E-state index is -4.37. The van der Waals surface area contributed by atoms with Gasteiger partial charge in [-0.15, -0.1) is 0 Å². The average molecular weight is 266 g/mol. The quantitative estimate of drug-likeness (QED) is 0.904. The van der Waals surface area contributed by atoms with E-state index in [4.69, 9.17) is 5.73 Å². The van der Waals surface area contributed by atoms with Gasteiger partial charge in [0, 0.05) is 6.20 Å². The van der Waals surface area contributed by atoms with Gasteiger partial charge >= 0.3 is 6.18 Å². The molecule has 2 nitrogen and oxygen atoms in total. The maximum Gasteiger partial charge on any atom is 0.416 e. The van der Waals surface area contributed by atoms with Crippen LogP contribution < -0.4 is 5.73 Å². The summed E-state index contributed by atoms with van der Waals surface area (Å²) in [5, 5.41) is 0. The van der Waals surface area contributed by atoms with Gasteiger partial charge in [0.15, 0.2) is 0 Å². The Morgan fingerprint density at radius 2 is 1.89 bits per heavy atom. The van der Waals surface area contributed by atoms with Gasteiger partial charge in [0.1, 0.15) is 0 Å². The molecule has 0 fully saturated rings. The van der Waals surface area contributed by atoms with Crippen molar-refractivity contribution in [1.29, 1.82) is 0 Å². The zero-order chi connectivity index (χ0) is 14.0. The number of hydrogen-bond acceptors (Lipinski definition) is 2. The normalized spacial score (nSPS) is 13.3. The minimum absolute atomic E-state index is 0.396. The first kappa shape index (κ1) is 13.5. The largest absolute Gasteiger partial charge is 0.416 e. The van der Waals surface area contributed by atoms with Gasteiger partial charge in [-0.2, -0.15) is 13.2 Å². The molecule has 0 bridgehead atoms. The van der Waals surface area contributed by atoms with Crippen LogP contribution in [0.1, 0.15) is 28.4 Å². The SMILES string of the molecule is Cc1ccnc(C(N)c2cccc(C(F)(F)F)c2)c1. The molecule has 1 aromatic heterocycles. The van der Waals surface area contributed by atoms with Gasteiger partial charge in [-0.25, -0.2) is 0 Å². The third kappa shape index (κ3) is 3.12. The number of nitrogens with two attached hydrogens (primary N) is 1. The molecular formula is C14H13F3N2. The van der Waals surface area contributed by atoms with E-state index in [0.717, 1.165) is 17.7 Å². The Balaban J connectivity index is 2.37. The molecule has 19 heavy (non-hydrogen) atoms. The highest BCUT2D eigenvalue weighted by atomic mass is 19.4. The lowest BCUT2D eigenvalue weighted by Crippen LogP contribution is -2.15. The van der Waals surface area contributed by atoms with Gasteiger partial charge in [-0.05, 0) is 42.3 Å². The molecule has 2 aromatic rings. The molecule has 0 radical (unpaired) electrons. The number of alkyl halides is 3. The van der Waals surface area contributed by atoms with Crippen molar-refractivity contribution in [2.45, 2.75) is 19.1 Å². The third-order valence-corrected chi connectivity index (χ3v) is 2.83. The maximum atomic E-state index is 12.6. The van der Waals surface area contributed by atoms with E-state index >= 15 is 0 Å². The summed E-state index contributed by atoms with van der Waals surface area (Å²) in [4.78, 5) is 4.10. The first-order chi connectivity index (χ1) is 8.88. The lowest BCUT2D eigenvalue weighted by atomic mass is 10.0. The number of halogens is 3. The molecule has 5 heteroatoms. The minimum Gasteiger partial charge on any atom is -0.319 e. The Bertz CT molecular complexity index is 579. The fraction of sp³-hybridized carbons (Fsp3) is 0.214. The molecule has 100 valence electrons. The van der Waals surface area contributed by atoms with Crippen molar-refractivity contribution in [2.75, 3.05) is 0 Å². The first-order valence-corrected chi connectivity index (χ1v) is 5.73. The topological polar surface area (TPSA) is 38.9 Å². The van der Waals surface area contributed by atoms with Crippen molar-refractivity contribution in [3.63, 3.8) is 0 Å². The predicted molar refractivity (Wildman–Crippen MR) is 66.4 cm³/mol. The van der Waals surface area contributed by atoms with Crippen LogP contribution in [0.2, 0.25) is 0 Å².